The molecule has 0 atom stereocenters. The number of likely N-dealkylation sites (tertiary alicyclic amines) is 1. The van der Waals surface area contributed by atoms with E-state index in [9.17, 15) is 9.59 Å². The van der Waals surface area contributed by atoms with Crippen LogP contribution in [0, 0.1) is 0 Å². The highest BCUT2D eigenvalue weighted by atomic mass is 16.2. The van der Waals surface area contributed by atoms with E-state index < -0.39 is 0 Å². The molecule has 1 aromatic rings. The molecule has 0 spiro atoms. The zero-order chi connectivity index (χ0) is 15.8. The van der Waals surface area contributed by atoms with Gasteiger partial charge in [-0.1, -0.05) is 37.3 Å². The van der Waals surface area contributed by atoms with E-state index in [0.717, 1.165) is 24.8 Å². The number of urea groups is 1. The number of hydrogen-bond acceptors (Lipinski definition) is 2. The molecule has 1 saturated heterocycles. The molecule has 120 valence electrons. The maximum absolute atomic E-state index is 12.3. The Morgan fingerprint density at radius 1 is 1.18 bits per heavy atom. The number of hydrogen-bond donors (Lipinski definition) is 2. The van der Waals surface area contributed by atoms with Crippen LogP contribution in [0.4, 0.5) is 4.79 Å². The Morgan fingerprint density at radius 3 is 2.50 bits per heavy atom. The average molecular weight is 303 g/mol. The van der Waals surface area contributed by atoms with Gasteiger partial charge in [-0.2, -0.15) is 0 Å². The third kappa shape index (κ3) is 5.06. The molecule has 3 amide bonds. The third-order valence-corrected chi connectivity index (χ3v) is 3.92. The van der Waals surface area contributed by atoms with Crippen molar-refractivity contribution in [2.75, 3.05) is 19.6 Å². The van der Waals surface area contributed by atoms with Crippen LogP contribution in [0.3, 0.4) is 0 Å². The number of carbonyl (C=O) groups excluding carboxylic acids is 2. The first-order chi connectivity index (χ1) is 10.7. The number of nitrogens with one attached hydrogen (secondary N) is 2. The van der Waals surface area contributed by atoms with E-state index in [1.54, 1.807) is 0 Å². The molecule has 1 aromatic carbocycles. The van der Waals surface area contributed by atoms with Crippen LogP contribution in [0.15, 0.2) is 30.3 Å². The predicted molar refractivity (Wildman–Crippen MR) is 86.6 cm³/mol. The normalized spacial score (nSPS) is 15.4. The fourth-order valence-electron chi connectivity index (χ4n) is 2.63. The summed E-state index contributed by atoms with van der Waals surface area (Å²) in [5.74, 6) is 0.167. The fraction of sp³-hybridized carbons (Fsp3) is 0.529. The highest BCUT2D eigenvalue weighted by Gasteiger charge is 2.23. The minimum absolute atomic E-state index is 0.101. The molecule has 0 aromatic heterocycles. The number of carbonyl (C=O) groups is 2. The maximum Gasteiger partial charge on any atom is 0.315 e. The Kier molecular flexibility index (Phi) is 6.25. The summed E-state index contributed by atoms with van der Waals surface area (Å²) in [7, 11) is 0. The molecular weight excluding hydrogens is 278 g/mol. The van der Waals surface area contributed by atoms with Gasteiger partial charge >= 0.3 is 6.03 Å². The molecule has 1 aliphatic rings. The van der Waals surface area contributed by atoms with Crippen molar-refractivity contribution >= 4 is 11.9 Å². The van der Waals surface area contributed by atoms with E-state index in [-0.39, 0.29) is 18.0 Å². The molecule has 0 unspecified atom stereocenters. The lowest BCUT2D eigenvalue weighted by molar-refractivity contribution is -0.131. The number of amides is 3. The van der Waals surface area contributed by atoms with Crippen molar-refractivity contribution < 1.29 is 9.59 Å². The first-order valence-electron chi connectivity index (χ1n) is 8.05. The maximum atomic E-state index is 12.3. The summed E-state index contributed by atoms with van der Waals surface area (Å²) in [5, 5.41) is 5.79. The standard InChI is InChI=1S/C17H25N3O2/c1-2-10-18-17(22)19-15-8-11-20(12-9-15)16(21)13-14-6-4-3-5-7-14/h3-7,15H,2,8-13H2,1H3,(H2,18,19,22). The van der Waals surface area contributed by atoms with Crippen molar-refractivity contribution in [1.29, 1.82) is 0 Å². The highest BCUT2D eigenvalue weighted by Crippen LogP contribution is 2.12. The summed E-state index contributed by atoms with van der Waals surface area (Å²) < 4.78 is 0. The molecule has 1 aliphatic heterocycles. The molecular formula is C17H25N3O2. The molecule has 22 heavy (non-hydrogen) atoms. The van der Waals surface area contributed by atoms with Crippen LogP contribution in [-0.2, 0) is 11.2 Å². The highest BCUT2D eigenvalue weighted by molar-refractivity contribution is 5.79. The van der Waals surface area contributed by atoms with Gasteiger partial charge in [-0.05, 0) is 24.8 Å². The second kappa shape index (κ2) is 8.41. The SMILES string of the molecule is CCCNC(=O)NC1CCN(C(=O)Cc2ccccc2)CC1. The number of piperidine rings is 1. The van der Waals surface area contributed by atoms with E-state index in [1.165, 1.54) is 0 Å². The van der Waals surface area contributed by atoms with Gasteiger partial charge in [0, 0.05) is 25.7 Å². The van der Waals surface area contributed by atoms with Crippen LogP contribution in [0.5, 0.6) is 0 Å². The van der Waals surface area contributed by atoms with Crippen molar-refractivity contribution in [3.05, 3.63) is 35.9 Å². The van der Waals surface area contributed by atoms with Gasteiger partial charge in [-0.25, -0.2) is 4.79 Å². The molecule has 1 heterocycles. The van der Waals surface area contributed by atoms with Crippen LogP contribution < -0.4 is 10.6 Å². The molecule has 2 N–H and O–H groups in total. The van der Waals surface area contributed by atoms with E-state index in [1.807, 2.05) is 42.2 Å². The van der Waals surface area contributed by atoms with E-state index >= 15 is 0 Å². The van der Waals surface area contributed by atoms with Crippen molar-refractivity contribution in [3.63, 3.8) is 0 Å². The fourth-order valence-corrected chi connectivity index (χ4v) is 2.63. The molecule has 5 heteroatoms. The lowest BCUT2D eigenvalue weighted by Crippen LogP contribution is -2.49. The minimum Gasteiger partial charge on any atom is -0.342 e. The van der Waals surface area contributed by atoms with Crippen molar-refractivity contribution in [3.8, 4) is 0 Å². The lowest BCUT2D eigenvalue weighted by atomic mass is 10.0. The molecule has 0 aliphatic carbocycles. The summed E-state index contributed by atoms with van der Waals surface area (Å²) in [6.45, 7) is 4.14. The summed E-state index contributed by atoms with van der Waals surface area (Å²) >= 11 is 0. The summed E-state index contributed by atoms with van der Waals surface area (Å²) in [6.07, 6.45) is 3.02. The quantitative estimate of drug-likeness (QED) is 0.873. The van der Waals surface area contributed by atoms with E-state index in [0.29, 0.717) is 26.1 Å². The number of nitrogens with zero attached hydrogens (tertiary/aromatic N) is 1. The minimum atomic E-state index is -0.101. The molecule has 0 radical (unpaired) electrons. The van der Waals surface area contributed by atoms with Crippen molar-refractivity contribution in [2.24, 2.45) is 0 Å². The second-order valence-corrected chi connectivity index (χ2v) is 5.72. The molecule has 5 nitrogen and oxygen atoms in total. The Labute approximate surface area is 132 Å². The van der Waals surface area contributed by atoms with Crippen molar-refractivity contribution in [2.45, 2.75) is 38.6 Å². The Balaban J connectivity index is 1.72. The average Bonchev–Trinajstić information content (AvgIpc) is 2.54. The van der Waals surface area contributed by atoms with Gasteiger partial charge in [0.1, 0.15) is 0 Å². The van der Waals surface area contributed by atoms with Crippen LogP contribution in [0.1, 0.15) is 31.7 Å². The first-order valence-corrected chi connectivity index (χ1v) is 8.05. The van der Waals surface area contributed by atoms with Gasteiger partial charge in [0.25, 0.3) is 0 Å². The first kappa shape index (κ1) is 16.3. The van der Waals surface area contributed by atoms with Crippen molar-refractivity contribution in [1.82, 2.24) is 15.5 Å². The van der Waals surface area contributed by atoms with E-state index in [4.69, 9.17) is 0 Å². The van der Waals surface area contributed by atoms with E-state index in [2.05, 4.69) is 10.6 Å². The predicted octanol–water partition coefficient (Wildman–Crippen LogP) is 1.93. The van der Waals surface area contributed by atoms with Gasteiger partial charge in [-0.3, -0.25) is 4.79 Å². The number of rotatable bonds is 5. The van der Waals surface area contributed by atoms with Crippen LogP contribution in [-0.4, -0.2) is 42.5 Å². The zero-order valence-corrected chi connectivity index (χ0v) is 13.2. The monoisotopic (exact) mass is 303 g/mol. The number of benzene rings is 1. The largest absolute Gasteiger partial charge is 0.342 e. The van der Waals surface area contributed by atoms with Gasteiger partial charge in [-0.15, -0.1) is 0 Å². The van der Waals surface area contributed by atoms with Gasteiger partial charge < -0.3 is 15.5 Å². The Hall–Kier alpha value is -2.04. The van der Waals surface area contributed by atoms with Crippen LogP contribution >= 0.6 is 0 Å². The second-order valence-electron chi connectivity index (χ2n) is 5.72. The lowest BCUT2D eigenvalue weighted by Gasteiger charge is -2.32. The smallest absolute Gasteiger partial charge is 0.315 e. The Bertz CT molecular complexity index is 482. The van der Waals surface area contributed by atoms with Crippen LogP contribution in [0.25, 0.3) is 0 Å². The molecule has 0 saturated carbocycles. The molecule has 2 rings (SSSR count). The summed E-state index contributed by atoms with van der Waals surface area (Å²) in [5.41, 5.74) is 1.05. The van der Waals surface area contributed by atoms with Gasteiger partial charge in [0.2, 0.25) is 5.91 Å². The molecule has 0 bridgehead atoms. The van der Waals surface area contributed by atoms with Gasteiger partial charge in [0.05, 0.1) is 6.42 Å². The third-order valence-electron chi connectivity index (χ3n) is 3.92. The Morgan fingerprint density at radius 2 is 1.86 bits per heavy atom. The van der Waals surface area contributed by atoms with Crippen LogP contribution in [0.2, 0.25) is 0 Å². The van der Waals surface area contributed by atoms with Gasteiger partial charge in [0.15, 0.2) is 0 Å². The summed E-state index contributed by atoms with van der Waals surface area (Å²) in [4.78, 5) is 25.8. The topological polar surface area (TPSA) is 61.4 Å². The summed E-state index contributed by atoms with van der Waals surface area (Å²) in [6, 6.07) is 9.87. The zero-order valence-electron chi connectivity index (χ0n) is 13.2. The molecule has 1 fully saturated rings.